The highest BCUT2D eigenvalue weighted by molar-refractivity contribution is 4.78. The van der Waals surface area contributed by atoms with Gasteiger partial charge in [0, 0.05) is 0 Å². The largest absolute Gasteiger partial charge is 0.0654 e. The Morgan fingerprint density at radius 2 is 0.643 bits per heavy atom. The summed E-state index contributed by atoms with van der Waals surface area (Å²) in [5, 5.41) is 0. The van der Waals surface area contributed by atoms with E-state index in [0.717, 1.165) is 17.8 Å². The Morgan fingerprint density at radius 1 is 0.321 bits per heavy atom. The van der Waals surface area contributed by atoms with Crippen LogP contribution in [0.3, 0.4) is 0 Å². The van der Waals surface area contributed by atoms with E-state index in [1.807, 2.05) is 0 Å². The third-order valence-corrected chi connectivity index (χ3v) is 7.07. The van der Waals surface area contributed by atoms with Gasteiger partial charge in [-0.15, -0.1) is 0 Å². The number of hydrogen-bond donors (Lipinski definition) is 0. The second kappa shape index (κ2) is 21.7. The molecule has 0 heteroatoms. The lowest BCUT2D eigenvalue weighted by molar-refractivity contribution is 0.158. The molecular weight excluding hydrogens is 336 g/mol. The lowest BCUT2D eigenvalue weighted by Gasteiger charge is -2.35. The number of unbranched alkanes of at least 4 members (excludes halogenated alkanes) is 10. The summed E-state index contributed by atoms with van der Waals surface area (Å²) in [6, 6.07) is 0. The van der Waals surface area contributed by atoms with Crippen molar-refractivity contribution in [1.82, 2.24) is 0 Å². The minimum atomic E-state index is 1.01. The fourth-order valence-electron chi connectivity index (χ4n) is 5.20. The van der Waals surface area contributed by atoms with E-state index in [0.29, 0.717) is 0 Å². The van der Waals surface area contributed by atoms with Gasteiger partial charge < -0.3 is 0 Å². The Bertz CT molecular complexity index is 246. The molecule has 0 spiro atoms. The summed E-state index contributed by atoms with van der Waals surface area (Å²) in [5.74, 6) is 3.05. The molecule has 170 valence electrons. The van der Waals surface area contributed by atoms with E-state index in [2.05, 4.69) is 34.6 Å². The van der Waals surface area contributed by atoms with Gasteiger partial charge in [-0.25, -0.2) is 0 Å². The fourth-order valence-corrected chi connectivity index (χ4v) is 5.20. The fraction of sp³-hybridized carbons (Fsp3) is 1.00. The van der Waals surface area contributed by atoms with Crippen LogP contribution in [0.15, 0.2) is 0 Å². The molecule has 0 amide bonds. The summed E-state index contributed by atoms with van der Waals surface area (Å²) >= 11 is 0. The van der Waals surface area contributed by atoms with E-state index in [4.69, 9.17) is 0 Å². The molecule has 0 aromatic carbocycles. The second-order valence-corrected chi connectivity index (χ2v) is 9.66. The zero-order valence-corrected chi connectivity index (χ0v) is 20.9. The predicted molar refractivity (Wildman–Crippen MR) is 131 cm³/mol. The standard InChI is InChI=1S/C28H58/c1-6-11-16-17-18-19-20-25-28(26(21-12-7-2)22-13-8-3)27(23-14-9-4)24-15-10-5/h26-28H,6-25H2,1-5H3. The topological polar surface area (TPSA) is 0 Å². The Balaban J connectivity index is 4.88. The molecule has 0 unspecified atom stereocenters. The molecule has 0 heterocycles. The molecule has 0 saturated heterocycles. The van der Waals surface area contributed by atoms with E-state index in [1.165, 1.54) is 128 Å². The first kappa shape index (κ1) is 28.0. The summed E-state index contributed by atoms with van der Waals surface area (Å²) in [5.41, 5.74) is 0. The molecule has 0 aliphatic heterocycles. The SMILES string of the molecule is CCCCCCCCCC(C(CCCC)CCCC)C(CCCC)CCCC. The first-order valence-electron chi connectivity index (χ1n) is 13.7. The van der Waals surface area contributed by atoms with Crippen molar-refractivity contribution in [3.05, 3.63) is 0 Å². The minimum absolute atomic E-state index is 1.01. The van der Waals surface area contributed by atoms with Crippen LogP contribution in [-0.2, 0) is 0 Å². The molecule has 0 saturated carbocycles. The van der Waals surface area contributed by atoms with Crippen LogP contribution in [0.5, 0.6) is 0 Å². The maximum Gasteiger partial charge on any atom is -0.0357 e. The molecule has 0 aliphatic rings. The smallest absolute Gasteiger partial charge is 0.0357 e. The highest BCUT2D eigenvalue weighted by Crippen LogP contribution is 2.39. The Morgan fingerprint density at radius 3 is 1.00 bits per heavy atom. The maximum atomic E-state index is 2.38. The Labute approximate surface area is 181 Å². The molecule has 0 radical (unpaired) electrons. The molecule has 0 nitrogen and oxygen atoms in total. The van der Waals surface area contributed by atoms with Crippen molar-refractivity contribution in [2.75, 3.05) is 0 Å². The number of hydrogen-bond acceptors (Lipinski definition) is 0. The zero-order valence-electron chi connectivity index (χ0n) is 20.9. The van der Waals surface area contributed by atoms with Crippen molar-refractivity contribution in [2.45, 2.75) is 163 Å². The van der Waals surface area contributed by atoms with Gasteiger partial charge in [0.15, 0.2) is 0 Å². The van der Waals surface area contributed by atoms with Crippen LogP contribution in [0.1, 0.15) is 163 Å². The second-order valence-electron chi connectivity index (χ2n) is 9.66. The first-order chi connectivity index (χ1) is 13.7. The van der Waals surface area contributed by atoms with Crippen LogP contribution < -0.4 is 0 Å². The summed E-state index contributed by atoms with van der Waals surface area (Å²) in [7, 11) is 0. The normalized spacial score (nSPS) is 12.0. The van der Waals surface area contributed by atoms with Gasteiger partial charge in [-0.3, -0.25) is 0 Å². The quantitative estimate of drug-likeness (QED) is 0.160. The van der Waals surface area contributed by atoms with E-state index in [-0.39, 0.29) is 0 Å². The minimum Gasteiger partial charge on any atom is -0.0654 e. The predicted octanol–water partition coefficient (Wildman–Crippen LogP) is 10.7. The molecule has 28 heavy (non-hydrogen) atoms. The molecule has 0 rings (SSSR count). The molecule has 0 aromatic heterocycles. The highest BCUT2D eigenvalue weighted by Gasteiger charge is 2.27. The lowest BCUT2D eigenvalue weighted by atomic mass is 9.71. The lowest BCUT2D eigenvalue weighted by Crippen LogP contribution is -2.25. The molecular formula is C28H58. The average molecular weight is 395 g/mol. The maximum absolute atomic E-state index is 2.38. The van der Waals surface area contributed by atoms with Gasteiger partial charge >= 0.3 is 0 Å². The van der Waals surface area contributed by atoms with Gasteiger partial charge in [-0.1, -0.05) is 157 Å². The average Bonchev–Trinajstić information content (AvgIpc) is 2.71. The van der Waals surface area contributed by atoms with Crippen molar-refractivity contribution >= 4 is 0 Å². The van der Waals surface area contributed by atoms with Gasteiger partial charge in [-0.2, -0.15) is 0 Å². The van der Waals surface area contributed by atoms with E-state index >= 15 is 0 Å². The third kappa shape index (κ3) is 14.9. The van der Waals surface area contributed by atoms with Crippen LogP contribution >= 0.6 is 0 Å². The molecule has 0 N–H and O–H groups in total. The molecule has 0 aliphatic carbocycles. The van der Waals surface area contributed by atoms with Crippen molar-refractivity contribution in [3.63, 3.8) is 0 Å². The van der Waals surface area contributed by atoms with Gasteiger partial charge in [0.2, 0.25) is 0 Å². The van der Waals surface area contributed by atoms with E-state index < -0.39 is 0 Å². The summed E-state index contributed by atoms with van der Waals surface area (Å²) in [6.45, 7) is 11.9. The van der Waals surface area contributed by atoms with Crippen LogP contribution in [0, 0.1) is 17.8 Å². The molecule has 0 atom stereocenters. The number of rotatable bonds is 22. The summed E-state index contributed by atoms with van der Waals surface area (Å²) < 4.78 is 0. The first-order valence-corrected chi connectivity index (χ1v) is 13.7. The molecule has 0 aromatic rings. The molecule has 0 bridgehead atoms. The Hall–Kier alpha value is 0. The van der Waals surface area contributed by atoms with Crippen LogP contribution in [0.25, 0.3) is 0 Å². The van der Waals surface area contributed by atoms with Crippen LogP contribution in [0.4, 0.5) is 0 Å². The van der Waals surface area contributed by atoms with Gasteiger partial charge in [0.05, 0.1) is 0 Å². The van der Waals surface area contributed by atoms with Crippen LogP contribution in [0.2, 0.25) is 0 Å². The van der Waals surface area contributed by atoms with Crippen molar-refractivity contribution < 1.29 is 0 Å². The monoisotopic (exact) mass is 394 g/mol. The molecule has 0 fully saturated rings. The van der Waals surface area contributed by atoms with Crippen molar-refractivity contribution in [2.24, 2.45) is 17.8 Å². The summed E-state index contributed by atoms with van der Waals surface area (Å²) in [6.07, 6.45) is 29.1. The van der Waals surface area contributed by atoms with Crippen molar-refractivity contribution in [3.8, 4) is 0 Å². The van der Waals surface area contributed by atoms with Crippen LogP contribution in [-0.4, -0.2) is 0 Å². The summed E-state index contributed by atoms with van der Waals surface area (Å²) in [4.78, 5) is 0. The van der Waals surface area contributed by atoms with Gasteiger partial charge in [-0.05, 0) is 24.2 Å². The van der Waals surface area contributed by atoms with E-state index in [1.54, 1.807) is 0 Å². The highest BCUT2D eigenvalue weighted by atomic mass is 14.3. The third-order valence-electron chi connectivity index (χ3n) is 7.07. The van der Waals surface area contributed by atoms with Gasteiger partial charge in [0.1, 0.15) is 0 Å². The van der Waals surface area contributed by atoms with Crippen molar-refractivity contribution in [1.29, 1.82) is 0 Å². The Kier molecular flexibility index (Phi) is 21.7. The zero-order chi connectivity index (χ0) is 20.9. The van der Waals surface area contributed by atoms with Gasteiger partial charge in [0.25, 0.3) is 0 Å². The van der Waals surface area contributed by atoms with E-state index in [9.17, 15) is 0 Å².